The van der Waals surface area contributed by atoms with Crippen molar-refractivity contribution in [3.8, 4) is 0 Å². The Labute approximate surface area is 109 Å². The highest BCUT2D eigenvalue weighted by molar-refractivity contribution is 7.13. The van der Waals surface area contributed by atoms with Crippen molar-refractivity contribution in [3.05, 3.63) is 16.1 Å². The number of aromatic nitrogens is 1. The molecule has 0 atom stereocenters. The minimum absolute atomic E-state index is 0.333. The molecule has 1 saturated heterocycles. The Balaban J connectivity index is 1.66. The predicted octanol–water partition coefficient (Wildman–Crippen LogP) is 1.64. The van der Waals surface area contributed by atoms with Crippen LogP contribution in [0.15, 0.2) is 6.20 Å². The van der Waals surface area contributed by atoms with E-state index in [2.05, 4.69) is 4.98 Å². The number of carbonyl (C=O) groups is 1. The van der Waals surface area contributed by atoms with E-state index in [-0.39, 0.29) is 5.79 Å². The normalized spacial score (nSPS) is 23.6. The third kappa shape index (κ3) is 2.15. The van der Waals surface area contributed by atoms with Gasteiger partial charge in [0.1, 0.15) is 4.88 Å². The van der Waals surface area contributed by atoms with E-state index < -0.39 is 5.91 Å². The smallest absolute Gasteiger partial charge is 0.260 e. The monoisotopic (exact) mass is 268 g/mol. The Morgan fingerprint density at radius 2 is 2.06 bits per heavy atom. The van der Waals surface area contributed by atoms with Crippen LogP contribution >= 0.6 is 11.3 Å². The van der Waals surface area contributed by atoms with Crippen LogP contribution in [0.3, 0.4) is 0 Å². The number of hydrogen-bond donors (Lipinski definition) is 1. The summed E-state index contributed by atoms with van der Waals surface area (Å²) in [6.45, 7) is 1.40. The van der Waals surface area contributed by atoms with Gasteiger partial charge >= 0.3 is 0 Å². The lowest BCUT2D eigenvalue weighted by Gasteiger charge is -2.34. The Hall–Kier alpha value is -0.980. The Morgan fingerprint density at radius 3 is 2.61 bits per heavy atom. The van der Waals surface area contributed by atoms with E-state index in [9.17, 15) is 4.79 Å². The molecule has 2 aliphatic rings. The number of nitrogens with two attached hydrogens (primary N) is 1. The Bertz CT molecular complexity index is 444. The molecule has 2 heterocycles. The number of thiazole rings is 1. The van der Waals surface area contributed by atoms with Gasteiger partial charge in [0.25, 0.3) is 5.91 Å². The number of rotatable bonds is 2. The van der Waals surface area contributed by atoms with Gasteiger partial charge in [-0.3, -0.25) is 4.79 Å². The van der Waals surface area contributed by atoms with Gasteiger partial charge in [0, 0.05) is 18.8 Å². The number of hydrogen-bond acceptors (Lipinski definition) is 5. The maximum Gasteiger partial charge on any atom is 0.260 e. The molecule has 18 heavy (non-hydrogen) atoms. The van der Waals surface area contributed by atoms with Crippen molar-refractivity contribution in [1.82, 2.24) is 4.98 Å². The summed E-state index contributed by atoms with van der Waals surface area (Å²) < 4.78 is 11.4. The molecule has 2 fully saturated rings. The molecule has 2 N–H and O–H groups in total. The molecule has 1 spiro atoms. The van der Waals surface area contributed by atoms with E-state index in [0.29, 0.717) is 24.0 Å². The first-order valence-corrected chi connectivity index (χ1v) is 7.04. The van der Waals surface area contributed by atoms with E-state index in [1.165, 1.54) is 11.3 Å². The topological polar surface area (TPSA) is 74.4 Å². The van der Waals surface area contributed by atoms with Gasteiger partial charge in [-0.1, -0.05) is 0 Å². The fraction of sp³-hybridized carbons (Fsp3) is 0.667. The van der Waals surface area contributed by atoms with Gasteiger partial charge in [0.15, 0.2) is 5.79 Å². The second-order valence-electron chi connectivity index (χ2n) is 4.81. The standard InChI is InChI=1S/C12H16N2O3S/c13-10(15)9-7-14-11(18-9)8-1-3-12(4-2-8)16-5-6-17-12/h7-8H,1-6H2,(H2,13,15). The first kappa shape index (κ1) is 12.1. The average molecular weight is 268 g/mol. The van der Waals surface area contributed by atoms with E-state index >= 15 is 0 Å². The zero-order chi connectivity index (χ0) is 12.6. The number of carbonyl (C=O) groups excluding carboxylic acids is 1. The van der Waals surface area contributed by atoms with Crippen molar-refractivity contribution in [1.29, 1.82) is 0 Å². The summed E-state index contributed by atoms with van der Waals surface area (Å²) >= 11 is 1.41. The van der Waals surface area contributed by atoms with Crippen LogP contribution in [0.25, 0.3) is 0 Å². The van der Waals surface area contributed by atoms with Crippen LogP contribution in [0, 0.1) is 0 Å². The summed E-state index contributed by atoms with van der Waals surface area (Å²) in [4.78, 5) is 15.9. The molecule has 6 heteroatoms. The van der Waals surface area contributed by atoms with Gasteiger partial charge in [-0.15, -0.1) is 11.3 Å². The molecule has 0 aromatic carbocycles. The lowest BCUT2D eigenvalue weighted by Crippen LogP contribution is -2.34. The van der Waals surface area contributed by atoms with Gasteiger partial charge in [0.05, 0.1) is 24.4 Å². The molecule has 0 bridgehead atoms. The van der Waals surface area contributed by atoms with Crippen LogP contribution < -0.4 is 5.73 Å². The van der Waals surface area contributed by atoms with Crippen molar-refractivity contribution >= 4 is 17.2 Å². The van der Waals surface area contributed by atoms with E-state index in [0.717, 1.165) is 30.7 Å². The average Bonchev–Trinajstić information content (AvgIpc) is 3.00. The first-order chi connectivity index (χ1) is 8.69. The fourth-order valence-corrected chi connectivity index (χ4v) is 3.62. The summed E-state index contributed by atoms with van der Waals surface area (Å²) in [6.07, 6.45) is 5.37. The summed E-state index contributed by atoms with van der Waals surface area (Å²) in [7, 11) is 0. The molecule has 98 valence electrons. The molecule has 1 amide bonds. The summed E-state index contributed by atoms with van der Waals surface area (Å²) in [5.74, 6) is -0.324. The summed E-state index contributed by atoms with van der Waals surface area (Å²) in [5.41, 5.74) is 5.24. The molecule has 1 aromatic heterocycles. The number of amides is 1. The Morgan fingerprint density at radius 1 is 1.39 bits per heavy atom. The minimum Gasteiger partial charge on any atom is -0.365 e. The summed E-state index contributed by atoms with van der Waals surface area (Å²) in [5, 5.41) is 1.01. The van der Waals surface area contributed by atoms with Crippen LogP contribution in [0.4, 0.5) is 0 Å². The predicted molar refractivity (Wildman–Crippen MR) is 66.5 cm³/mol. The lowest BCUT2D eigenvalue weighted by molar-refractivity contribution is -0.178. The zero-order valence-corrected chi connectivity index (χ0v) is 10.9. The zero-order valence-electron chi connectivity index (χ0n) is 10.1. The molecule has 1 aliphatic carbocycles. The SMILES string of the molecule is NC(=O)c1cnc(C2CCC3(CC2)OCCO3)s1. The van der Waals surface area contributed by atoms with Gasteiger partial charge in [-0.2, -0.15) is 0 Å². The molecule has 1 aliphatic heterocycles. The quantitative estimate of drug-likeness (QED) is 0.885. The van der Waals surface area contributed by atoms with Crippen molar-refractivity contribution in [2.45, 2.75) is 37.4 Å². The van der Waals surface area contributed by atoms with Crippen LogP contribution in [0.1, 0.15) is 46.3 Å². The number of nitrogens with zero attached hydrogens (tertiary/aromatic N) is 1. The lowest BCUT2D eigenvalue weighted by atomic mass is 9.85. The maximum absolute atomic E-state index is 11.1. The molecular formula is C12H16N2O3S. The highest BCUT2D eigenvalue weighted by atomic mass is 32.1. The van der Waals surface area contributed by atoms with Gasteiger partial charge in [-0.25, -0.2) is 4.98 Å². The van der Waals surface area contributed by atoms with Crippen LogP contribution in [0.5, 0.6) is 0 Å². The molecule has 3 rings (SSSR count). The molecule has 0 unspecified atom stereocenters. The minimum atomic E-state index is -0.395. The first-order valence-electron chi connectivity index (χ1n) is 6.22. The van der Waals surface area contributed by atoms with Crippen molar-refractivity contribution in [2.24, 2.45) is 5.73 Å². The Kier molecular flexibility index (Phi) is 3.09. The van der Waals surface area contributed by atoms with E-state index in [1.807, 2.05) is 0 Å². The fourth-order valence-electron chi connectivity index (χ4n) is 2.68. The third-order valence-electron chi connectivity index (χ3n) is 3.68. The number of ether oxygens (including phenoxy) is 2. The molecule has 5 nitrogen and oxygen atoms in total. The molecule has 1 aromatic rings. The third-order valence-corrected chi connectivity index (χ3v) is 4.85. The van der Waals surface area contributed by atoms with E-state index in [1.54, 1.807) is 6.20 Å². The molecular weight excluding hydrogens is 252 g/mol. The van der Waals surface area contributed by atoms with Crippen molar-refractivity contribution in [2.75, 3.05) is 13.2 Å². The second-order valence-corrected chi connectivity index (χ2v) is 5.87. The second kappa shape index (κ2) is 4.60. The molecule has 1 saturated carbocycles. The van der Waals surface area contributed by atoms with Gasteiger partial charge < -0.3 is 15.2 Å². The largest absolute Gasteiger partial charge is 0.365 e. The highest BCUT2D eigenvalue weighted by Crippen LogP contribution is 2.43. The van der Waals surface area contributed by atoms with Crippen molar-refractivity contribution in [3.63, 3.8) is 0 Å². The number of primary amides is 1. The highest BCUT2D eigenvalue weighted by Gasteiger charge is 2.41. The summed E-state index contributed by atoms with van der Waals surface area (Å²) in [6, 6.07) is 0. The maximum atomic E-state index is 11.1. The van der Waals surface area contributed by atoms with Gasteiger partial charge in [0.2, 0.25) is 0 Å². The van der Waals surface area contributed by atoms with Gasteiger partial charge in [-0.05, 0) is 12.8 Å². The van der Waals surface area contributed by atoms with E-state index in [4.69, 9.17) is 15.2 Å². The van der Waals surface area contributed by atoms with Crippen LogP contribution in [0.2, 0.25) is 0 Å². The van der Waals surface area contributed by atoms with Crippen LogP contribution in [-0.4, -0.2) is 29.9 Å². The molecule has 0 radical (unpaired) electrons. The van der Waals surface area contributed by atoms with Crippen LogP contribution in [-0.2, 0) is 9.47 Å². The van der Waals surface area contributed by atoms with Crippen molar-refractivity contribution < 1.29 is 14.3 Å².